The molecule has 2 aromatic carbocycles. The van der Waals surface area contributed by atoms with Gasteiger partial charge in [-0.3, -0.25) is 4.79 Å². The zero-order chi connectivity index (χ0) is 20.8. The number of benzene rings is 2. The normalized spacial score (nSPS) is 13.3. The van der Waals surface area contributed by atoms with E-state index in [0.717, 1.165) is 0 Å². The Morgan fingerprint density at radius 1 is 1.17 bits per heavy atom. The fourth-order valence-corrected chi connectivity index (χ4v) is 3.27. The number of esters is 1. The fraction of sp³-hybridized carbons (Fsp3) is 0.273. The van der Waals surface area contributed by atoms with Gasteiger partial charge in [-0.05, 0) is 37.6 Å². The van der Waals surface area contributed by atoms with Gasteiger partial charge in [-0.25, -0.2) is 4.79 Å². The zero-order valence-electron chi connectivity index (χ0n) is 16.3. The van der Waals surface area contributed by atoms with Crippen LogP contribution in [0.4, 0.5) is 0 Å². The van der Waals surface area contributed by atoms with Crippen LogP contribution >= 0.6 is 11.6 Å². The van der Waals surface area contributed by atoms with Crippen LogP contribution in [0.25, 0.3) is 6.08 Å². The van der Waals surface area contributed by atoms with Crippen LogP contribution in [0.5, 0.6) is 11.5 Å². The summed E-state index contributed by atoms with van der Waals surface area (Å²) in [5.74, 6) is 0.118. The predicted molar refractivity (Wildman–Crippen MR) is 110 cm³/mol. The van der Waals surface area contributed by atoms with Gasteiger partial charge in [0.1, 0.15) is 0 Å². The molecule has 0 N–H and O–H groups in total. The first-order valence-electron chi connectivity index (χ1n) is 9.35. The molecule has 0 bridgehead atoms. The van der Waals surface area contributed by atoms with E-state index in [0.29, 0.717) is 40.7 Å². The minimum absolute atomic E-state index is 0.108. The Hall–Kier alpha value is -2.99. The number of nitrogens with zero attached hydrogens (tertiary/aromatic N) is 1. The standard InChI is InChI=1S/C22H22ClNO5/c1-3-24(4-2)22(26)20(16-8-6-5-7-9-16)29-19(25)11-10-15-12-17(23)21-18(13-15)27-14-28-21/h5-13,20H,3-4,14H2,1-2H3/b11-10+/t20-/m0/s1. The number of hydrogen-bond donors (Lipinski definition) is 0. The van der Waals surface area contributed by atoms with E-state index in [1.165, 1.54) is 6.08 Å². The molecule has 0 saturated carbocycles. The molecule has 1 aliphatic heterocycles. The second kappa shape index (κ2) is 9.47. The van der Waals surface area contributed by atoms with Crippen LogP contribution < -0.4 is 9.47 Å². The van der Waals surface area contributed by atoms with Gasteiger partial charge in [-0.15, -0.1) is 0 Å². The number of likely N-dealkylation sites (N-methyl/N-ethyl adjacent to an activating group) is 1. The van der Waals surface area contributed by atoms with Gasteiger partial charge >= 0.3 is 5.97 Å². The average Bonchev–Trinajstić information content (AvgIpc) is 3.21. The molecule has 0 saturated heterocycles. The van der Waals surface area contributed by atoms with Gasteiger partial charge < -0.3 is 19.1 Å². The van der Waals surface area contributed by atoms with Gasteiger partial charge in [0.05, 0.1) is 5.02 Å². The summed E-state index contributed by atoms with van der Waals surface area (Å²) in [6, 6.07) is 12.4. The highest BCUT2D eigenvalue weighted by atomic mass is 35.5. The molecular weight excluding hydrogens is 394 g/mol. The Balaban J connectivity index is 1.77. The molecule has 6 nitrogen and oxygen atoms in total. The first-order valence-corrected chi connectivity index (χ1v) is 9.72. The topological polar surface area (TPSA) is 65.1 Å². The summed E-state index contributed by atoms with van der Waals surface area (Å²) in [6.07, 6.45) is 1.81. The summed E-state index contributed by atoms with van der Waals surface area (Å²) in [5.41, 5.74) is 1.28. The summed E-state index contributed by atoms with van der Waals surface area (Å²) in [7, 11) is 0. The number of fused-ring (bicyclic) bond motifs is 1. The van der Waals surface area contributed by atoms with Crippen molar-refractivity contribution < 1.29 is 23.8 Å². The lowest BCUT2D eigenvalue weighted by molar-refractivity contribution is -0.157. The maximum Gasteiger partial charge on any atom is 0.331 e. The lowest BCUT2D eigenvalue weighted by Crippen LogP contribution is -2.36. The molecule has 3 rings (SSSR count). The molecule has 1 aliphatic rings. The highest BCUT2D eigenvalue weighted by Crippen LogP contribution is 2.40. The van der Waals surface area contributed by atoms with Crippen molar-refractivity contribution in [3.05, 3.63) is 64.7 Å². The van der Waals surface area contributed by atoms with Crippen molar-refractivity contribution >= 4 is 29.6 Å². The van der Waals surface area contributed by atoms with Crippen molar-refractivity contribution in [1.29, 1.82) is 0 Å². The Bertz CT molecular complexity index is 909. The van der Waals surface area contributed by atoms with Gasteiger partial charge in [-0.1, -0.05) is 41.9 Å². The molecule has 0 radical (unpaired) electrons. The number of carbonyl (C=O) groups excluding carboxylic acids is 2. The predicted octanol–water partition coefficient (Wildman–Crippen LogP) is 4.23. The Labute approximate surface area is 174 Å². The summed E-state index contributed by atoms with van der Waals surface area (Å²) in [5, 5.41) is 0.395. The Morgan fingerprint density at radius 3 is 2.59 bits per heavy atom. The molecule has 0 fully saturated rings. The molecule has 0 spiro atoms. The summed E-state index contributed by atoms with van der Waals surface area (Å²) in [6.45, 7) is 4.93. The highest BCUT2D eigenvalue weighted by Gasteiger charge is 2.27. The highest BCUT2D eigenvalue weighted by molar-refractivity contribution is 6.32. The number of rotatable bonds is 7. The van der Waals surface area contributed by atoms with Crippen molar-refractivity contribution in [3.8, 4) is 11.5 Å². The maximum atomic E-state index is 12.9. The molecule has 29 heavy (non-hydrogen) atoms. The molecule has 0 aliphatic carbocycles. The number of carbonyl (C=O) groups is 2. The molecule has 0 aromatic heterocycles. The second-order valence-electron chi connectivity index (χ2n) is 6.31. The largest absolute Gasteiger partial charge is 0.454 e. The number of amides is 1. The van der Waals surface area contributed by atoms with E-state index in [9.17, 15) is 9.59 Å². The van der Waals surface area contributed by atoms with E-state index in [1.54, 1.807) is 47.4 Å². The van der Waals surface area contributed by atoms with Crippen molar-refractivity contribution in [3.63, 3.8) is 0 Å². The van der Waals surface area contributed by atoms with Crippen LogP contribution in [0.2, 0.25) is 5.02 Å². The van der Waals surface area contributed by atoms with Crippen LogP contribution in [0.15, 0.2) is 48.5 Å². The summed E-state index contributed by atoms with van der Waals surface area (Å²) < 4.78 is 16.1. The molecule has 1 atom stereocenters. The van der Waals surface area contributed by atoms with E-state index < -0.39 is 12.1 Å². The van der Waals surface area contributed by atoms with E-state index in [-0.39, 0.29) is 12.7 Å². The van der Waals surface area contributed by atoms with Crippen molar-refractivity contribution in [2.24, 2.45) is 0 Å². The quantitative estimate of drug-likeness (QED) is 0.500. The number of hydrogen-bond acceptors (Lipinski definition) is 5. The Morgan fingerprint density at radius 2 is 1.90 bits per heavy atom. The van der Waals surface area contributed by atoms with E-state index in [1.807, 2.05) is 19.9 Å². The van der Waals surface area contributed by atoms with Crippen LogP contribution in [-0.4, -0.2) is 36.7 Å². The first kappa shape index (κ1) is 20.7. The molecule has 7 heteroatoms. The third-order valence-corrected chi connectivity index (χ3v) is 4.78. The van der Waals surface area contributed by atoms with Gasteiger partial charge in [0.25, 0.3) is 5.91 Å². The van der Waals surface area contributed by atoms with Gasteiger partial charge in [0, 0.05) is 24.7 Å². The van der Waals surface area contributed by atoms with Crippen molar-refractivity contribution in [1.82, 2.24) is 4.90 Å². The monoisotopic (exact) mass is 415 g/mol. The number of halogens is 1. The van der Waals surface area contributed by atoms with Gasteiger partial charge in [0.15, 0.2) is 11.5 Å². The van der Waals surface area contributed by atoms with Crippen molar-refractivity contribution in [2.45, 2.75) is 20.0 Å². The van der Waals surface area contributed by atoms with Crippen LogP contribution in [0, 0.1) is 0 Å². The average molecular weight is 416 g/mol. The lowest BCUT2D eigenvalue weighted by atomic mass is 10.1. The maximum absolute atomic E-state index is 12.9. The third-order valence-electron chi connectivity index (χ3n) is 4.50. The minimum atomic E-state index is -1.01. The minimum Gasteiger partial charge on any atom is -0.454 e. The van der Waals surface area contributed by atoms with Crippen LogP contribution in [0.1, 0.15) is 31.1 Å². The van der Waals surface area contributed by atoms with Crippen LogP contribution in [0.3, 0.4) is 0 Å². The van der Waals surface area contributed by atoms with E-state index >= 15 is 0 Å². The van der Waals surface area contributed by atoms with Crippen LogP contribution in [-0.2, 0) is 14.3 Å². The SMILES string of the molecule is CCN(CC)C(=O)[C@@H](OC(=O)/C=C/c1cc(Cl)c2c(c1)OCO2)c1ccccc1. The molecular formula is C22H22ClNO5. The number of ether oxygens (including phenoxy) is 3. The van der Waals surface area contributed by atoms with Gasteiger partial charge in [0.2, 0.25) is 12.9 Å². The summed E-state index contributed by atoms with van der Waals surface area (Å²) in [4.78, 5) is 27.0. The molecule has 1 amide bonds. The first-order chi connectivity index (χ1) is 14.0. The summed E-state index contributed by atoms with van der Waals surface area (Å²) >= 11 is 6.16. The van der Waals surface area contributed by atoms with Gasteiger partial charge in [-0.2, -0.15) is 0 Å². The second-order valence-corrected chi connectivity index (χ2v) is 6.72. The molecule has 2 aromatic rings. The molecule has 0 unspecified atom stereocenters. The van der Waals surface area contributed by atoms with E-state index in [4.69, 9.17) is 25.8 Å². The van der Waals surface area contributed by atoms with E-state index in [2.05, 4.69) is 0 Å². The third kappa shape index (κ3) is 4.90. The Kier molecular flexibility index (Phi) is 6.77. The molecule has 1 heterocycles. The smallest absolute Gasteiger partial charge is 0.331 e. The lowest BCUT2D eigenvalue weighted by Gasteiger charge is -2.25. The zero-order valence-corrected chi connectivity index (χ0v) is 17.0. The fourth-order valence-electron chi connectivity index (χ4n) is 2.99. The van der Waals surface area contributed by atoms with Crippen molar-refractivity contribution in [2.75, 3.05) is 19.9 Å². The molecule has 152 valence electrons.